The van der Waals surface area contributed by atoms with Crippen molar-refractivity contribution >= 4 is 32.6 Å². The summed E-state index contributed by atoms with van der Waals surface area (Å²) in [5.74, 6) is 1.33. The van der Waals surface area contributed by atoms with E-state index in [0.717, 1.165) is 29.1 Å². The van der Waals surface area contributed by atoms with E-state index in [1.54, 1.807) is 0 Å². The number of amides is 1. The predicted octanol–water partition coefficient (Wildman–Crippen LogP) is 2.49. The molecule has 21 heavy (non-hydrogen) atoms. The zero-order valence-corrected chi connectivity index (χ0v) is 13.0. The zero-order chi connectivity index (χ0) is 14.8. The molecule has 0 bridgehead atoms. The lowest BCUT2D eigenvalue weighted by Gasteiger charge is -2.31. The van der Waals surface area contributed by atoms with Crippen molar-refractivity contribution in [2.75, 3.05) is 25.0 Å². The van der Waals surface area contributed by atoms with Gasteiger partial charge in [-0.2, -0.15) is 0 Å². The third kappa shape index (κ3) is 3.01. The van der Waals surface area contributed by atoms with Gasteiger partial charge in [0.15, 0.2) is 5.13 Å². The predicted molar refractivity (Wildman–Crippen MR) is 84.9 cm³/mol. The third-order valence-corrected chi connectivity index (χ3v) is 4.77. The molecule has 1 fully saturated rings. The highest BCUT2D eigenvalue weighted by molar-refractivity contribution is 7.22. The summed E-state index contributed by atoms with van der Waals surface area (Å²) in [7, 11) is 0. The van der Waals surface area contributed by atoms with Crippen LogP contribution in [0.2, 0.25) is 0 Å². The van der Waals surface area contributed by atoms with Crippen LogP contribution < -0.4 is 15.4 Å². The van der Waals surface area contributed by atoms with E-state index in [0.29, 0.717) is 17.7 Å². The highest BCUT2D eigenvalue weighted by atomic mass is 32.1. The summed E-state index contributed by atoms with van der Waals surface area (Å²) in [5.41, 5.74) is 0.886. The van der Waals surface area contributed by atoms with Gasteiger partial charge in [-0.3, -0.25) is 4.79 Å². The fourth-order valence-corrected chi connectivity index (χ4v) is 3.21. The summed E-state index contributed by atoms with van der Waals surface area (Å²) >= 11 is 1.48. The van der Waals surface area contributed by atoms with E-state index in [1.807, 2.05) is 32.0 Å². The largest absolute Gasteiger partial charge is 0.494 e. The van der Waals surface area contributed by atoms with Gasteiger partial charge in [-0.1, -0.05) is 18.3 Å². The number of hydrogen-bond donors (Lipinski definition) is 2. The summed E-state index contributed by atoms with van der Waals surface area (Å²) in [4.78, 5) is 16.7. The van der Waals surface area contributed by atoms with Gasteiger partial charge in [0.05, 0.1) is 16.8 Å². The topological polar surface area (TPSA) is 63.2 Å². The number of carbonyl (C=O) groups excluding carboxylic acids is 1. The molecule has 1 aliphatic heterocycles. The first-order chi connectivity index (χ1) is 10.2. The molecule has 2 aromatic rings. The van der Waals surface area contributed by atoms with Crippen molar-refractivity contribution in [3.63, 3.8) is 0 Å². The Morgan fingerprint density at radius 2 is 2.38 bits per heavy atom. The molecule has 1 atom stereocenters. The van der Waals surface area contributed by atoms with Crippen LogP contribution in [0, 0.1) is 11.8 Å². The maximum Gasteiger partial charge on any atom is 0.229 e. The van der Waals surface area contributed by atoms with Crippen LogP contribution in [0.4, 0.5) is 5.13 Å². The van der Waals surface area contributed by atoms with Crippen LogP contribution in [0.1, 0.15) is 13.8 Å². The van der Waals surface area contributed by atoms with Crippen molar-refractivity contribution in [1.29, 1.82) is 0 Å². The molecule has 0 saturated carbocycles. The summed E-state index contributed by atoms with van der Waals surface area (Å²) in [6.45, 7) is 6.42. The molecule has 0 aliphatic carbocycles. The molecule has 2 N–H and O–H groups in total. The number of fused-ring (bicyclic) bond motifs is 1. The fourth-order valence-electron chi connectivity index (χ4n) is 2.31. The van der Waals surface area contributed by atoms with Gasteiger partial charge >= 0.3 is 0 Å². The third-order valence-electron chi connectivity index (χ3n) is 3.83. The minimum Gasteiger partial charge on any atom is -0.494 e. The Hall–Kier alpha value is -1.66. The number of hydrogen-bond acceptors (Lipinski definition) is 5. The first kappa shape index (κ1) is 14.3. The van der Waals surface area contributed by atoms with E-state index in [9.17, 15) is 4.79 Å². The first-order valence-electron chi connectivity index (χ1n) is 7.22. The van der Waals surface area contributed by atoms with Crippen molar-refractivity contribution in [2.45, 2.75) is 13.8 Å². The Morgan fingerprint density at radius 1 is 1.57 bits per heavy atom. The molecule has 5 nitrogen and oxygen atoms in total. The smallest absolute Gasteiger partial charge is 0.229 e. The van der Waals surface area contributed by atoms with Crippen LogP contribution >= 0.6 is 11.3 Å². The summed E-state index contributed by atoms with van der Waals surface area (Å²) in [6.07, 6.45) is 0. The number of aromatic nitrogens is 1. The number of ether oxygens (including phenoxy) is 1. The number of benzene rings is 1. The Kier molecular flexibility index (Phi) is 4.07. The molecule has 6 heteroatoms. The Labute approximate surface area is 127 Å². The Balaban J connectivity index is 1.73. The molecule has 1 amide bonds. The molecule has 112 valence electrons. The number of thiazole rings is 1. The molecule has 3 rings (SSSR count). The van der Waals surface area contributed by atoms with E-state index in [2.05, 4.69) is 15.6 Å². The normalized spacial score (nSPS) is 16.5. The van der Waals surface area contributed by atoms with E-state index in [4.69, 9.17) is 4.74 Å². The second-order valence-corrected chi connectivity index (χ2v) is 6.31. The lowest BCUT2D eigenvalue weighted by atomic mass is 9.88. The van der Waals surface area contributed by atoms with E-state index < -0.39 is 0 Å². The highest BCUT2D eigenvalue weighted by Gasteiger charge is 2.29. The Bertz CT molecular complexity index is 651. The second kappa shape index (κ2) is 5.99. The summed E-state index contributed by atoms with van der Waals surface area (Å²) in [6, 6.07) is 5.79. The quantitative estimate of drug-likeness (QED) is 0.891. The van der Waals surface area contributed by atoms with Crippen molar-refractivity contribution in [2.24, 2.45) is 11.8 Å². The molecule has 2 heterocycles. The fraction of sp³-hybridized carbons (Fsp3) is 0.467. The molecule has 1 aromatic heterocycles. The molecule has 1 aliphatic rings. The van der Waals surface area contributed by atoms with Crippen LogP contribution in [0.3, 0.4) is 0 Å². The van der Waals surface area contributed by atoms with Crippen LogP contribution in [0.5, 0.6) is 5.75 Å². The molecular formula is C15H19N3O2S. The molecule has 1 aromatic carbocycles. The number of carbonyl (C=O) groups is 1. The molecule has 1 unspecified atom stereocenters. The summed E-state index contributed by atoms with van der Waals surface area (Å²) in [5, 5.41) is 6.78. The van der Waals surface area contributed by atoms with Crippen LogP contribution in [-0.2, 0) is 4.79 Å². The average Bonchev–Trinajstić information content (AvgIpc) is 2.78. The maximum atomic E-state index is 12.2. The number of nitrogens with one attached hydrogen (secondary N) is 2. The van der Waals surface area contributed by atoms with Gasteiger partial charge in [0.1, 0.15) is 5.75 Å². The zero-order valence-electron chi connectivity index (χ0n) is 12.2. The monoisotopic (exact) mass is 305 g/mol. The molecule has 0 spiro atoms. The van der Waals surface area contributed by atoms with Gasteiger partial charge < -0.3 is 15.4 Å². The van der Waals surface area contributed by atoms with E-state index in [1.165, 1.54) is 11.3 Å². The van der Waals surface area contributed by atoms with Crippen molar-refractivity contribution < 1.29 is 9.53 Å². The van der Waals surface area contributed by atoms with Gasteiger partial charge in [-0.05, 0) is 44.1 Å². The number of nitrogens with zero attached hydrogens (tertiary/aromatic N) is 1. The van der Waals surface area contributed by atoms with Crippen molar-refractivity contribution in [3.8, 4) is 5.75 Å². The number of anilines is 1. The second-order valence-electron chi connectivity index (χ2n) is 5.28. The van der Waals surface area contributed by atoms with Gasteiger partial charge in [0.25, 0.3) is 0 Å². The van der Waals surface area contributed by atoms with Crippen LogP contribution in [-0.4, -0.2) is 30.6 Å². The lowest BCUT2D eigenvalue weighted by Crippen LogP contribution is -2.48. The average molecular weight is 305 g/mol. The minimum atomic E-state index is 0.0113. The van der Waals surface area contributed by atoms with Crippen molar-refractivity contribution in [3.05, 3.63) is 18.2 Å². The minimum absolute atomic E-state index is 0.0113. The van der Waals surface area contributed by atoms with Gasteiger partial charge in [-0.25, -0.2) is 4.98 Å². The van der Waals surface area contributed by atoms with E-state index >= 15 is 0 Å². The highest BCUT2D eigenvalue weighted by Crippen LogP contribution is 2.30. The summed E-state index contributed by atoms with van der Waals surface area (Å²) < 4.78 is 6.50. The Morgan fingerprint density at radius 3 is 3.05 bits per heavy atom. The lowest BCUT2D eigenvalue weighted by molar-refractivity contribution is -0.121. The van der Waals surface area contributed by atoms with Crippen LogP contribution in [0.25, 0.3) is 10.2 Å². The van der Waals surface area contributed by atoms with Gasteiger partial charge in [0, 0.05) is 5.92 Å². The standard InChI is InChI=1S/C15H19N3O2S/c1-3-20-11-4-5-12-13(6-11)21-15(17-12)18-14(19)9(2)10-7-16-8-10/h4-6,9-10,16H,3,7-8H2,1-2H3,(H,17,18,19). The van der Waals surface area contributed by atoms with Gasteiger partial charge in [0.2, 0.25) is 5.91 Å². The number of rotatable bonds is 5. The molecular weight excluding hydrogens is 286 g/mol. The molecule has 0 radical (unpaired) electrons. The molecule has 1 saturated heterocycles. The van der Waals surface area contributed by atoms with Crippen LogP contribution in [0.15, 0.2) is 18.2 Å². The van der Waals surface area contributed by atoms with Gasteiger partial charge in [-0.15, -0.1) is 0 Å². The van der Waals surface area contributed by atoms with Crippen molar-refractivity contribution in [1.82, 2.24) is 10.3 Å². The van der Waals surface area contributed by atoms with E-state index in [-0.39, 0.29) is 11.8 Å². The first-order valence-corrected chi connectivity index (χ1v) is 8.04. The SMILES string of the molecule is CCOc1ccc2nc(NC(=O)C(C)C3CNC3)sc2c1. The maximum absolute atomic E-state index is 12.2.